The molecule has 1 N–H and O–H groups in total. The van der Waals surface area contributed by atoms with Crippen molar-refractivity contribution >= 4 is 16.9 Å². The van der Waals surface area contributed by atoms with Crippen molar-refractivity contribution in [1.82, 2.24) is 0 Å². The highest BCUT2D eigenvalue weighted by Crippen LogP contribution is 2.49. The Balaban J connectivity index is 1.39. The van der Waals surface area contributed by atoms with E-state index in [0.29, 0.717) is 0 Å². The number of hydrogen-bond acceptors (Lipinski definition) is 1. The summed E-state index contributed by atoms with van der Waals surface area (Å²) in [5, 5.41) is 3.62. The lowest BCUT2D eigenvalue weighted by Crippen LogP contribution is -2.15. The van der Waals surface area contributed by atoms with E-state index in [1.54, 1.807) is 0 Å². The predicted octanol–water partition coefficient (Wildman–Crippen LogP) is 9.86. The molecule has 0 spiro atoms. The Hall–Kier alpha value is -4.10. The molecular formula is C35H33N. The van der Waals surface area contributed by atoms with Crippen molar-refractivity contribution in [3.05, 3.63) is 138 Å². The molecule has 1 aliphatic carbocycles. The highest BCUT2D eigenvalue weighted by molar-refractivity contribution is 5.83. The van der Waals surface area contributed by atoms with Crippen LogP contribution >= 0.6 is 0 Å². The van der Waals surface area contributed by atoms with E-state index in [4.69, 9.17) is 0 Å². The van der Waals surface area contributed by atoms with Gasteiger partial charge in [0.2, 0.25) is 0 Å². The quantitative estimate of drug-likeness (QED) is 0.278. The minimum atomic E-state index is -0.00485. The summed E-state index contributed by atoms with van der Waals surface area (Å²) >= 11 is 0. The Labute approximate surface area is 215 Å². The van der Waals surface area contributed by atoms with Crippen molar-refractivity contribution in [3.63, 3.8) is 0 Å². The van der Waals surface area contributed by atoms with Crippen LogP contribution in [0.15, 0.2) is 116 Å². The average molecular weight is 468 g/mol. The van der Waals surface area contributed by atoms with Crippen LogP contribution in [0.5, 0.6) is 0 Å². The lowest BCUT2D eigenvalue weighted by atomic mass is 9.82. The van der Waals surface area contributed by atoms with Gasteiger partial charge in [0, 0.05) is 16.8 Å². The zero-order valence-electron chi connectivity index (χ0n) is 21.6. The van der Waals surface area contributed by atoms with E-state index >= 15 is 0 Å². The molecule has 5 rings (SSSR count). The molecule has 1 heteroatoms. The molecule has 0 unspecified atom stereocenters. The minimum absolute atomic E-state index is 0.00485. The number of hydrogen-bond donors (Lipinski definition) is 1. The normalized spacial score (nSPS) is 13.9. The third-order valence-electron chi connectivity index (χ3n) is 7.18. The molecule has 0 aromatic heterocycles. The largest absolute Gasteiger partial charge is 0.356 e. The molecule has 0 saturated carbocycles. The van der Waals surface area contributed by atoms with Gasteiger partial charge in [-0.1, -0.05) is 105 Å². The van der Waals surface area contributed by atoms with E-state index in [9.17, 15) is 0 Å². The predicted molar refractivity (Wildman–Crippen MR) is 157 cm³/mol. The lowest BCUT2D eigenvalue weighted by molar-refractivity contribution is 0.660. The molecule has 1 aliphatic rings. The Morgan fingerprint density at radius 3 is 2.19 bits per heavy atom. The van der Waals surface area contributed by atoms with Crippen LogP contribution in [0.1, 0.15) is 43.0 Å². The molecule has 0 bridgehead atoms. The van der Waals surface area contributed by atoms with E-state index in [0.717, 1.165) is 16.9 Å². The zero-order valence-corrected chi connectivity index (χ0v) is 21.6. The summed E-state index contributed by atoms with van der Waals surface area (Å²) in [6.07, 6.45) is 8.06. The number of anilines is 2. The highest BCUT2D eigenvalue weighted by Gasteiger charge is 2.35. The SMILES string of the molecule is C=C/C=C(\C=C/C)c1cccc(-c2ccc(Nc3ccc4c(c3)C(C)(C)c3cc(C)ccc3-4)cc2)c1. The summed E-state index contributed by atoms with van der Waals surface area (Å²) in [7, 11) is 0. The highest BCUT2D eigenvalue weighted by atomic mass is 14.9. The smallest absolute Gasteiger partial charge is 0.0387 e. The maximum Gasteiger partial charge on any atom is 0.0387 e. The Morgan fingerprint density at radius 1 is 0.778 bits per heavy atom. The third kappa shape index (κ3) is 4.33. The fourth-order valence-electron chi connectivity index (χ4n) is 5.27. The van der Waals surface area contributed by atoms with Crippen molar-refractivity contribution in [3.8, 4) is 22.3 Å². The summed E-state index contributed by atoms with van der Waals surface area (Å²) in [4.78, 5) is 0. The Kier molecular flexibility index (Phi) is 6.24. The molecule has 4 aromatic rings. The summed E-state index contributed by atoms with van der Waals surface area (Å²) in [5.74, 6) is 0. The maximum absolute atomic E-state index is 3.86. The number of rotatable bonds is 6. The molecule has 0 fully saturated rings. The molecule has 0 radical (unpaired) electrons. The van der Waals surface area contributed by atoms with Crippen LogP contribution in [-0.4, -0.2) is 0 Å². The molecule has 0 heterocycles. The van der Waals surface area contributed by atoms with Gasteiger partial charge >= 0.3 is 0 Å². The van der Waals surface area contributed by atoms with Gasteiger partial charge in [0.05, 0.1) is 0 Å². The monoisotopic (exact) mass is 467 g/mol. The van der Waals surface area contributed by atoms with Crippen LogP contribution in [0.3, 0.4) is 0 Å². The summed E-state index contributed by atoms with van der Waals surface area (Å²) in [5.41, 5.74) is 13.8. The standard InChI is InChI=1S/C35H33N/c1-6-9-25(10-7-2)27-11-8-12-28(22-27)26-14-16-29(17-15-26)36-30-18-20-32-31-19-13-24(3)21-33(31)35(4,5)34(32)23-30/h6-23,36H,1H2,2-5H3/b10-7-,25-9+. The van der Waals surface area contributed by atoms with E-state index in [2.05, 4.69) is 130 Å². The van der Waals surface area contributed by atoms with Crippen LogP contribution in [0.2, 0.25) is 0 Å². The van der Waals surface area contributed by atoms with Crippen LogP contribution in [0, 0.1) is 6.92 Å². The van der Waals surface area contributed by atoms with Crippen molar-refractivity contribution < 1.29 is 0 Å². The number of allylic oxidation sites excluding steroid dienone is 5. The first-order chi connectivity index (χ1) is 17.4. The topological polar surface area (TPSA) is 12.0 Å². The summed E-state index contributed by atoms with van der Waals surface area (Å²) in [6, 6.07) is 30.9. The Morgan fingerprint density at radius 2 is 1.47 bits per heavy atom. The number of aryl methyl sites for hydroxylation is 1. The number of benzene rings is 4. The van der Waals surface area contributed by atoms with E-state index in [1.165, 1.54) is 44.5 Å². The first-order valence-electron chi connectivity index (χ1n) is 12.6. The number of fused-ring (bicyclic) bond motifs is 3. The minimum Gasteiger partial charge on any atom is -0.356 e. The number of nitrogens with one attached hydrogen (secondary N) is 1. The van der Waals surface area contributed by atoms with E-state index in [-0.39, 0.29) is 5.41 Å². The fraction of sp³-hybridized carbons (Fsp3) is 0.143. The van der Waals surface area contributed by atoms with Crippen LogP contribution < -0.4 is 5.32 Å². The van der Waals surface area contributed by atoms with Crippen molar-refractivity contribution in [2.45, 2.75) is 33.1 Å². The van der Waals surface area contributed by atoms with Crippen molar-refractivity contribution in [1.29, 1.82) is 0 Å². The summed E-state index contributed by atoms with van der Waals surface area (Å²) < 4.78 is 0. The van der Waals surface area contributed by atoms with Gasteiger partial charge in [-0.15, -0.1) is 0 Å². The second-order valence-corrected chi connectivity index (χ2v) is 10.1. The third-order valence-corrected chi connectivity index (χ3v) is 7.18. The molecule has 0 amide bonds. The van der Waals surface area contributed by atoms with Gasteiger partial charge in [-0.2, -0.15) is 0 Å². The van der Waals surface area contributed by atoms with E-state index in [1.807, 2.05) is 19.1 Å². The van der Waals surface area contributed by atoms with Crippen LogP contribution in [-0.2, 0) is 5.41 Å². The van der Waals surface area contributed by atoms with Gasteiger partial charge in [0.25, 0.3) is 0 Å². The lowest BCUT2D eigenvalue weighted by Gasteiger charge is -2.22. The molecule has 0 saturated heterocycles. The second-order valence-electron chi connectivity index (χ2n) is 10.1. The second kappa shape index (κ2) is 9.51. The Bertz CT molecular complexity index is 1500. The summed E-state index contributed by atoms with van der Waals surface area (Å²) in [6.45, 7) is 12.7. The van der Waals surface area contributed by atoms with Gasteiger partial charge in [-0.25, -0.2) is 0 Å². The fourth-order valence-corrected chi connectivity index (χ4v) is 5.27. The first kappa shape index (κ1) is 23.6. The molecule has 178 valence electrons. The van der Waals surface area contributed by atoms with Crippen LogP contribution in [0.25, 0.3) is 27.8 Å². The molecule has 0 atom stereocenters. The van der Waals surface area contributed by atoms with Crippen molar-refractivity contribution in [2.24, 2.45) is 0 Å². The molecule has 0 aliphatic heterocycles. The van der Waals surface area contributed by atoms with Gasteiger partial charge in [-0.05, 0) is 88.7 Å². The van der Waals surface area contributed by atoms with Gasteiger partial charge in [0.15, 0.2) is 0 Å². The van der Waals surface area contributed by atoms with Gasteiger partial charge < -0.3 is 5.32 Å². The molecule has 1 nitrogen and oxygen atoms in total. The average Bonchev–Trinajstić information content (AvgIpc) is 3.10. The maximum atomic E-state index is 3.86. The zero-order chi connectivity index (χ0) is 25.3. The molecule has 36 heavy (non-hydrogen) atoms. The van der Waals surface area contributed by atoms with Gasteiger partial charge in [-0.3, -0.25) is 0 Å². The molecular weight excluding hydrogens is 434 g/mol. The van der Waals surface area contributed by atoms with Gasteiger partial charge in [0.1, 0.15) is 0 Å². The van der Waals surface area contributed by atoms with E-state index < -0.39 is 0 Å². The van der Waals surface area contributed by atoms with Crippen LogP contribution in [0.4, 0.5) is 11.4 Å². The van der Waals surface area contributed by atoms with Crippen molar-refractivity contribution in [2.75, 3.05) is 5.32 Å². The first-order valence-corrected chi connectivity index (χ1v) is 12.6. The molecule has 4 aromatic carbocycles.